The summed E-state index contributed by atoms with van der Waals surface area (Å²) in [5.74, 6) is -0.396. The van der Waals surface area contributed by atoms with Crippen molar-refractivity contribution in [2.24, 2.45) is 4.99 Å². The lowest BCUT2D eigenvalue weighted by Gasteiger charge is -2.15. The summed E-state index contributed by atoms with van der Waals surface area (Å²) in [6, 6.07) is 11.6. The van der Waals surface area contributed by atoms with Gasteiger partial charge in [0.15, 0.2) is 5.70 Å². The third kappa shape index (κ3) is 3.81. The Kier molecular flexibility index (Phi) is 4.98. The smallest absolute Gasteiger partial charge is 0.363 e. The molecule has 0 atom stereocenters. The van der Waals surface area contributed by atoms with Gasteiger partial charge in [-0.05, 0) is 64.3 Å². The Bertz CT molecular complexity index is 1090. The molecule has 0 unspecified atom stereocenters. The van der Waals surface area contributed by atoms with Gasteiger partial charge in [-0.3, -0.25) is 14.9 Å². The first kappa shape index (κ1) is 19.0. The number of cyclic esters (lactones) is 1. The molecule has 0 bridgehead atoms. The summed E-state index contributed by atoms with van der Waals surface area (Å²) in [7, 11) is 0. The van der Waals surface area contributed by atoms with E-state index in [1.54, 1.807) is 35.2 Å². The Balaban J connectivity index is 1.59. The quantitative estimate of drug-likeness (QED) is 0.301. The van der Waals surface area contributed by atoms with Gasteiger partial charge < -0.3 is 9.64 Å². The number of nitro groups is 1. The predicted octanol–water partition coefficient (Wildman–Crippen LogP) is 3.83. The van der Waals surface area contributed by atoms with Gasteiger partial charge >= 0.3 is 5.97 Å². The highest BCUT2D eigenvalue weighted by molar-refractivity contribution is 9.10. The molecule has 2 heterocycles. The van der Waals surface area contributed by atoms with Crippen LogP contribution in [0.3, 0.4) is 0 Å². The standard InChI is InChI=1S/C20H14BrN3O5/c21-15-8-3-12(11-17(15)24(27)28)10-16-20(26)29-19(22-16)13-4-6-14(7-5-13)23-9-1-2-18(23)25/h3-8,10-11H,1-2,9H2/b16-10+. The molecule has 9 heteroatoms. The zero-order chi connectivity index (χ0) is 20.5. The van der Waals surface area contributed by atoms with E-state index in [1.807, 2.05) is 0 Å². The van der Waals surface area contributed by atoms with E-state index in [0.717, 1.165) is 12.1 Å². The minimum Gasteiger partial charge on any atom is -0.402 e. The topological polar surface area (TPSA) is 102 Å². The summed E-state index contributed by atoms with van der Waals surface area (Å²) in [6.07, 6.45) is 2.83. The Morgan fingerprint density at radius 1 is 1.17 bits per heavy atom. The van der Waals surface area contributed by atoms with Crippen LogP contribution < -0.4 is 4.90 Å². The SMILES string of the molecule is O=C1OC(c2ccc(N3CCCC3=O)cc2)=N/C1=C/c1ccc(Br)c([N+](=O)[O-])c1. The number of halogens is 1. The van der Waals surface area contributed by atoms with Crippen LogP contribution in [0.5, 0.6) is 0 Å². The molecule has 4 rings (SSSR count). The fraction of sp³-hybridized carbons (Fsp3) is 0.150. The second-order valence-electron chi connectivity index (χ2n) is 6.50. The van der Waals surface area contributed by atoms with Crippen LogP contribution in [-0.4, -0.2) is 29.2 Å². The monoisotopic (exact) mass is 455 g/mol. The molecule has 0 spiro atoms. The Labute approximate surface area is 173 Å². The molecular formula is C20H14BrN3O5. The minimum absolute atomic E-state index is 0.0513. The summed E-state index contributed by atoms with van der Waals surface area (Å²) >= 11 is 3.12. The van der Waals surface area contributed by atoms with Crippen molar-refractivity contribution in [3.8, 4) is 0 Å². The molecule has 0 N–H and O–H groups in total. The summed E-state index contributed by atoms with van der Waals surface area (Å²) < 4.78 is 5.59. The molecular weight excluding hydrogens is 442 g/mol. The van der Waals surface area contributed by atoms with Crippen LogP contribution in [0.2, 0.25) is 0 Å². The number of aliphatic imine (C=N–C) groups is 1. The maximum absolute atomic E-state index is 12.2. The van der Waals surface area contributed by atoms with E-state index < -0.39 is 10.9 Å². The Morgan fingerprint density at radius 3 is 2.59 bits per heavy atom. The van der Waals surface area contributed by atoms with Gasteiger partial charge in [0.2, 0.25) is 11.8 Å². The van der Waals surface area contributed by atoms with Gasteiger partial charge in [-0.15, -0.1) is 0 Å². The van der Waals surface area contributed by atoms with Crippen molar-refractivity contribution in [2.75, 3.05) is 11.4 Å². The molecule has 0 aromatic heterocycles. The van der Waals surface area contributed by atoms with Crippen LogP contribution >= 0.6 is 15.9 Å². The average molecular weight is 456 g/mol. The Morgan fingerprint density at radius 2 is 1.93 bits per heavy atom. The van der Waals surface area contributed by atoms with Crippen LogP contribution in [-0.2, 0) is 14.3 Å². The molecule has 8 nitrogen and oxygen atoms in total. The van der Waals surface area contributed by atoms with E-state index in [4.69, 9.17) is 4.74 Å². The number of nitrogens with zero attached hydrogens (tertiary/aromatic N) is 3. The fourth-order valence-electron chi connectivity index (χ4n) is 3.15. The molecule has 2 aliphatic heterocycles. The number of hydrogen-bond donors (Lipinski definition) is 0. The molecule has 0 radical (unpaired) electrons. The van der Waals surface area contributed by atoms with Crippen molar-refractivity contribution in [3.05, 3.63) is 73.9 Å². The highest BCUT2D eigenvalue weighted by Crippen LogP contribution is 2.28. The second kappa shape index (κ2) is 7.59. The fourth-order valence-corrected chi connectivity index (χ4v) is 3.55. The molecule has 2 aromatic carbocycles. The van der Waals surface area contributed by atoms with Crippen molar-refractivity contribution in [1.29, 1.82) is 0 Å². The molecule has 1 amide bonds. The molecule has 146 valence electrons. The van der Waals surface area contributed by atoms with Crippen LogP contribution in [0.1, 0.15) is 24.0 Å². The van der Waals surface area contributed by atoms with Gasteiger partial charge in [0.05, 0.1) is 9.40 Å². The number of nitro benzene ring substituents is 1. The highest BCUT2D eigenvalue weighted by Gasteiger charge is 2.26. The summed E-state index contributed by atoms with van der Waals surface area (Å²) in [4.78, 5) is 40.5. The number of esters is 1. The Hall–Kier alpha value is -3.33. The summed E-state index contributed by atoms with van der Waals surface area (Å²) in [5, 5.41) is 11.1. The van der Waals surface area contributed by atoms with Gasteiger partial charge in [0.1, 0.15) is 0 Å². The molecule has 0 aliphatic carbocycles. The largest absolute Gasteiger partial charge is 0.402 e. The number of anilines is 1. The third-order valence-corrected chi connectivity index (χ3v) is 5.26. The van der Waals surface area contributed by atoms with Gasteiger partial charge in [-0.2, -0.15) is 0 Å². The molecule has 1 saturated heterocycles. The number of carbonyl (C=O) groups is 2. The van der Waals surface area contributed by atoms with Gasteiger partial charge in [0, 0.05) is 30.3 Å². The average Bonchev–Trinajstić information content (AvgIpc) is 3.29. The number of carbonyl (C=O) groups excluding carboxylic acids is 2. The van der Waals surface area contributed by atoms with E-state index >= 15 is 0 Å². The van der Waals surface area contributed by atoms with E-state index in [1.165, 1.54) is 18.2 Å². The number of benzene rings is 2. The van der Waals surface area contributed by atoms with Crippen LogP contribution in [0.15, 0.2) is 57.6 Å². The normalized spacial score (nSPS) is 17.6. The zero-order valence-electron chi connectivity index (χ0n) is 15.0. The minimum atomic E-state index is -0.635. The summed E-state index contributed by atoms with van der Waals surface area (Å²) in [6.45, 7) is 0.695. The van der Waals surface area contributed by atoms with Crippen molar-refractivity contribution < 1.29 is 19.2 Å². The maximum Gasteiger partial charge on any atom is 0.363 e. The van der Waals surface area contributed by atoms with E-state index in [2.05, 4.69) is 20.9 Å². The van der Waals surface area contributed by atoms with Gasteiger partial charge in [-0.1, -0.05) is 6.07 Å². The lowest BCUT2D eigenvalue weighted by atomic mass is 10.1. The molecule has 2 aromatic rings. The van der Waals surface area contributed by atoms with Crippen LogP contribution in [0, 0.1) is 10.1 Å². The maximum atomic E-state index is 12.2. The molecule has 1 fully saturated rings. The van der Waals surface area contributed by atoms with E-state index in [9.17, 15) is 19.7 Å². The van der Waals surface area contributed by atoms with Crippen molar-refractivity contribution in [2.45, 2.75) is 12.8 Å². The van der Waals surface area contributed by atoms with Gasteiger partial charge in [0.25, 0.3) is 5.69 Å². The number of amides is 1. The molecule has 2 aliphatic rings. The van der Waals surface area contributed by atoms with Crippen LogP contribution in [0.4, 0.5) is 11.4 Å². The van der Waals surface area contributed by atoms with E-state index in [0.29, 0.717) is 28.6 Å². The zero-order valence-corrected chi connectivity index (χ0v) is 16.6. The first-order chi connectivity index (χ1) is 13.9. The van der Waals surface area contributed by atoms with Gasteiger partial charge in [-0.25, -0.2) is 9.79 Å². The highest BCUT2D eigenvalue weighted by atomic mass is 79.9. The summed E-state index contributed by atoms with van der Waals surface area (Å²) in [5.41, 5.74) is 1.79. The number of hydrogen-bond acceptors (Lipinski definition) is 6. The second-order valence-corrected chi connectivity index (χ2v) is 7.35. The van der Waals surface area contributed by atoms with Crippen LogP contribution in [0.25, 0.3) is 6.08 Å². The first-order valence-electron chi connectivity index (χ1n) is 8.80. The van der Waals surface area contributed by atoms with E-state index in [-0.39, 0.29) is 23.2 Å². The van der Waals surface area contributed by atoms with Crippen molar-refractivity contribution in [3.63, 3.8) is 0 Å². The number of ether oxygens (including phenoxy) is 1. The first-order valence-corrected chi connectivity index (χ1v) is 9.59. The lowest BCUT2D eigenvalue weighted by molar-refractivity contribution is -0.385. The van der Waals surface area contributed by atoms with Crippen molar-refractivity contribution >= 4 is 51.2 Å². The molecule has 29 heavy (non-hydrogen) atoms. The molecule has 0 saturated carbocycles. The lowest BCUT2D eigenvalue weighted by Crippen LogP contribution is -2.23. The predicted molar refractivity (Wildman–Crippen MR) is 109 cm³/mol. The van der Waals surface area contributed by atoms with Crippen molar-refractivity contribution in [1.82, 2.24) is 0 Å². The third-order valence-electron chi connectivity index (χ3n) is 4.59. The number of rotatable bonds is 4.